The number of nitrogens with one attached hydrogen (secondary N) is 1. The Morgan fingerprint density at radius 3 is 2.76 bits per heavy atom. The molecule has 21 heavy (non-hydrogen) atoms. The Balaban J connectivity index is 1.96. The van der Waals surface area contributed by atoms with Gasteiger partial charge in [0.15, 0.2) is 0 Å². The molecular formula is C18H23NO2. The van der Waals surface area contributed by atoms with Crippen molar-refractivity contribution < 1.29 is 9.90 Å². The molecule has 1 unspecified atom stereocenters. The van der Waals surface area contributed by atoms with Crippen molar-refractivity contribution in [3.63, 3.8) is 0 Å². The highest BCUT2D eigenvalue weighted by atomic mass is 16.2. The second kappa shape index (κ2) is 6.32. The average molecular weight is 285 g/mol. The minimum Gasteiger partial charge on any atom is -0.395 e. The number of amides is 1. The molecule has 1 saturated carbocycles. The first kappa shape index (κ1) is 15.6. The molecule has 0 spiro atoms. The molecule has 1 fully saturated rings. The number of benzene rings is 1. The van der Waals surface area contributed by atoms with Gasteiger partial charge in [0.2, 0.25) is 0 Å². The highest BCUT2D eigenvalue weighted by Crippen LogP contribution is 2.50. The average Bonchev–Trinajstić information content (AvgIpc) is 3.05. The van der Waals surface area contributed by atoms with Crippen LogP contribution in [0.3, 0.4) is 0 Å². The monoisotopic (exact) mass is 285 g/mol. The first-order valence-electron chi connectivity index (χ1n) is 7.42. The van der Waals surface area contributed by atoms with Gasteiger partial charge in [0.25, 0.3) is 5.91 Å². The molecule has 0 radical (unpaired) electrons. The summed E-state index contributed by atoms with van der Waals surface area (Å²) in [6.45, 7) is 7.23. The summed E-state index contributed by atoms with van der Waals surface area (Å²) in [6, 6.07) is 5.55. The van der Waals surface area contributed by atoms with Crippen LogP contribution in [0.15, 0.2) is 18.2 Å². The van der Waals surface area contributed by atoms with E-state index in [1.165, 1.54) is 6.42 Å². The fourth-order valence-corrected chi connectivity index (χ4v) is 2.40. The fourth-order valence-electron chi connectivity index (χ4n) is 2.40. The number of aliphatic hydroxyl groups is 1. The zero-order valence-corrected chi connectivity index (χ0v) is 13.0. The van der Waals surface area contributed by atoms with Gasteiger partial charge >= 0.3 is 0 Å². The van der Waals surface area contributed by atoms with E-state index in [-0.39, 0.29) is 12.5 Å². The molecule has 1 aromatic carbocycles. The molecule has 3 heteroatoms. The van der Waals surface area contributed by atoms with Gasteiger partial charge in [0.05, 0.1) is 6.61 Å². The van der Waals surface area contributed by atoms with Crippen LogP contribution in [-0.2, 0) is 0 Å². The second-order valence-corrected chi connectivity index (χ2v) is 6.40. The topological polar surface area (TPSA) is 49.3 Å². The quantitative estimate of drug-likeness (QED) is 0.835. The molecule has 1 aliphatic carbocycles. The van der Waals surface area contributed by atoms with Crippen molar-refractivity contribution in [2.24, 2.45) is 11.3 Å². The van der Waals surface area contributed by atoms with Crippen molar-refractivity contribution in [2.75, 3.05) is 13.2 Å². The number of carbonyl (C=O) groups excluding carboxylic acids is 1. The molecule has 0 bridgehead atoms. The lowest BCUT2D eigenvalue weighted by molar-refractivity contribution is 0.0950. The third-order valence-corrected chi connectivity index (χ3v) is 4.18. The highest BCUT2D eigenvalue weighted by Gasteiger charge is 2.45. The summed E-state index contributed by atoms with van der Waals surface area (Å²) in [5, 5.41) is 11.7. The van der Waals surface area contributed by atoms with Crippen molar-refractivity contribution in [1.82, 2.24) is 5.32 Å². The van der Waals surface area contributed by atoms with Gasteiger partial charge in [-0.25, -0.2) is 0 Å². The normalized spacial score (nSPS) is 18.6. The molecular weight excluding hydrogens is 262 g/mol. The number of aliphatic hydroxyl groups excluding tert-OH is 1. The maximum Gasteiger partial charge on any atom is 0.251 e. The lowest BCUT2D eigenvalue weighted by Crippen LogP contribution is -2.26. The van der Waals surface area contributed by atoms with Crippen LogP contribution in [0.1, 0.15) is 48.2 Å². The summed E-state index contributed by atoms with van der Waals surface area (Å²) in [5.74, 6) is 6.49. The third-order valence-electron chi connectivity index (χ3n) is 4.18. The van der Waals surface area contributed by atoms with Crippen LogP contribution in [0.2, 0.25) is 0 Å². The predicted octanol–water partition coefficient (Wildman–Crippen LogP) is 2.50. The summed E-state index contributed by atoms with van der Waals surface area (Å²) in [4.78, 5) is 12.1. The van der Waals surface area contributed by atoms with E-state index in [4.69, 9.17) is 5.11 Å². The van der Waals surface area contributed by atoms with E-state index in [1.807, 2.05) is 25.1 Å². The molecule has 2 rings (SSSR count). The van der Waals surface area contributed by atoms with Gasteiger partial charge in [-0.1, -0.05) is 25.7 Å². The zero-order valence-electron chi connectivity index (χ0n) is 13.0. The molecule has 0 aliphatic heterocycles. The number of rotatable bonds is 4. The molecule has 1 aliphatic rings. The third kappa shape index (κ3) is 4.09. The molecule has 0 heterocycles. The Labute approximate surface area is 126 Å². The summed E-state index contributed by atoms with van der Waals surface area (Å²) < 4.78 is 0. The van der Waals surface area contributed by atoms with Crippen molar-refractivity contribution in [2.45, 2.75) is 33.6 Å². The van der Waals surface area contributed by atoms with Gasteiger partial charge in [-0.05, 0) is 48.4 Å². The summed E-state index contributed by atoms with van der Waals surface area (Å²) in [7, 11) is 0. The van der Waals surface area contributed by atoms with E-state index in [9.17, 15) is 4.79 Å². The summed E-state index contributed by atoms with van der Waals surface area (Å²) >= 11 is 0. The van der Waals surface area contributed by atoms with E-state index in [0.717, 1.165) is 17.7 Å². The van der Waals surface area contributed by atoms with Gasteiger partial charge in [-0.15, -0.1) is 0 Å². The van der Waals surface area contributed by atoms with E-state index < -0.39 is 0 Å². The Hall–Kier alpha value is -1.79. The van der Waals surface area contributed by atoms with Crippen LogP contribution in [-0.4, -0.2) is 24.2 Å². The molecule has 1 atom stereocenters. The van der Waals surface area contributed by atoms with Crippen LogP contribution in [0.4, 0.5) is 0 Å². The molecule has 0 aromatic heterocycles. The van der Waals surface area contributed by atoms with Crippen LogP contribution < -0.4 is 5.32 Å². The SMILES string of the molecule is Cc1cc(C(=O)NCC2CC2(C)C)ccc1C#CCCO. The maximum atomic E-state index is 12.1. The maximum absolute atomic E-state index is 12.1. The predicted molar refractivity (Wildman–Crippen MR) is 84.0 cm³/mol. The van der Waals surface area contributed by atoms with Crippen LogP contribution in [0.5, 0.6) is 0 Å². The first-order valence-corrected chi connectivity index (χ1v) is 7.42. The molecule has 1 aromatic rings. The Kier molecular flexibility index (Phi) is 4.69. The Bertz CT molecular complexity index is 593. The van der Waals surface area contributed by atoms with Crippen molar-refractivity contribution in [3.8, 4) is 11.8 Å². The minimum absolute atomic E-state index is 0.0179. The second-order valence-electron chi connectivity index (χ2n) is 6.40. The highest BCUT2D eigenvalue weighted by molar-refractivity contribution is 5.94. The van der Waals surface area contributed by atoms with Gasteiger partial charge in [-0.3, -0.25) is 4.79 Å². The molecule has 0 saturated heterocycles. The smallest absolute Gasteiger partial charge is 0.251 e. The molecule has 112 valence electrons. The van der Waals surface area contributed by atoms with Crippen LogP contribution >= 0.6 is 0 Å². The molecule has 3 nitrogen and oxygen atoms in total. The van der Waals surface area contributed by atoms with Gasteiger partial charge in [0.1, 0.15) is 0 Å². The van der Waals surface area contributed by atoms with E-state index in [1.54, 1.807) is 0 Å². The summed E-state index contributed by atoms with van der Waals surface area (Å²) in [5.41, 5.74) is 2.96. The van der Waals surface area contributed by atoms with Crippen molar-refractivity contribution >= 4 is 5.91 Å². The van der Waals surface area contributed by atoms with Crippen LogP contribution in [0.25, 0.3) is 0 Å². The van der Waals surface area contributed by atoms with Crippen molar-refractivity contribution in [1.29, 1.82) is 0 Å². The standard InChI is InChI=1S/C18H23NO2/c1-13-10-15(8-7-14(13)6-4-5-9-20)17(21)19-12-16-11-18(16,2)3/h7-8,10,16,20H,5,9,11-12H2,1-3H3,(H,19,21). The first-order chi connectivity index (χ1) is 9.94. The number of hydrogen-bond donors (Lipinski definition) is 2. The Morgan fingerprint density at radius 1 is 1.48 bits per heavy atom. The number of hydrogen-bond acceptors (Lipinski definition) is 2. The van der Waals surface area contributed by atoms with Gasteiger partial charge < -0.3 is 10.4 Å². The van der Waals surface area contributed by atoms with Crippen molar-refractivity contribution in [3.05, 3.63) is 34.9 Å². The largest absolute Gasteiger partial charge is 0.395 e. The van der Waals surface area contributed by atoms with Gasteiger partial charge in [-0.2, -0.15) is 0 Å². The lowest BCUT2D eigenvalue weighted by atomic mass is 10.0. The van der Waals surface area contributed by atoms with Gasteiger partial charge in [0, 0.05) is 24.1 Å². The fraction of sp³-hybridized carbons (Fsp3) is 0.500. The van der Waals surface area contributed by atoms with Crippen LogP contribution in [0, 0.1) is 30.1 Å². The number of aryl methyl sites for hydroxylation is 1. The Morgan fingerprint density at radius 2 is 2.19 bits per heavy atom. The van der Waals surface area contributed by atoms with E-state index >= 15 is 0 Å². The molecule has 1 amide bonds. The minimum atomic E-state index is -0.0179. The van der Waals surface area contributed by atoms with E-state index in [2.05, 4.69) is 31.0 Å². The molecule has 2 N–H and O–H groups in total. The number of carbonyl (C=O) groups is 1. The zero-order chi connectivity index (χ0) is 15.5. The summed E-state index contributed by atoms with van der Waals surface area (Å²) in [6.07, 6.45) is 1.66. The van der Waals surface area contributed by atoms with E-state index in [0.29, 0.717) is 23.3 Å². The lowest BCUT2D eigenvalue weighted by Gasteiger charge is -2.08.